The Hall–Kier alpha value is -1.06. The molecule has 0 spiro atoms. The Morgan fingerprint density at radius 2 is 1.60 bits per heavy atom. The third-order valence-corrected chi connectivity index (χ3v) is 1.33. The molecule has 0 radical (unpaired) electrons. The average molecular weight is 137 g/mol. The van der Waals surface area contributed by atoms with Gasteiger partial charge < -0.3 is 0 Å². The van der Waals surface area contributed by atoms with Crippen molar-refractivity contribution in [2.45, 2.75) is 6.92 Å². The normalized spacial score (nSPS) is 9.50. The first-order valence-corrected chi connectivity index (χ1v) is 3.06. The summed E-state index contributed by atoms with van der Waals surface area (Å²) in [6.45, 7) is 2.02. The number of hydrazine groups is 2. The SMILES string of the molecule is Cc1ccc(N(N)N)cc1. The minimum absolute atomic E-state index is 0.811. The highest BCUT2D eigenvalue weighted by Gasteiger charge is 1.91. The monoisotopic (exact) mass is 137 g/mol. The molecule has 0 aromatic heterocycles. The highest BCUT2D eigenvalue weighted by molar-refractivity contribution is 5.44. The van der Waals surface area contributed by atoms with E-state index in [0.717, 1.165) is 10.8 Å². The number of nitrogens with zero attached hydrogens (tertiary/aromatic N) is 1. The van der Waals surface area contributed by atoms with Gasteiger partial charge in [0.25, 0.3) is 0 Å². The third-order valence-electron chi connectivity index (χ3n) is 1.33. The number of rotatable bonds is 1. The Morgan fingerprint density at radius 3 is 2.00 bits per heavy atom. The molecule has 0 aliphatic carbocycles. The average Bonchev–Trinajstić information content (AvgIpc) is 1.88. The van der Waals surface area contributed by atoms with Crippen LogP contribution in [0, 0.1) is 6.92 Å². The van der Waals surface area contributed by atoms with E-state index < -0.39 is 0 Å². The molecule has 54 valence electrons. The van der Waals surface area contributed by atoms with Gasteiger partial charge in [0.15, 0.2) is 0 Å². The van der Waals surface area contributed by atoms with Crippen LogP contribution in [0.3, 0.4) is 0 Å². The van der Waals surface area contributed by atoms with Crippen LogP contribution < -0.4 is 16.8 Å². The zero-order valence-corrected chi connectivity index (χ0v) is 5.91. The van der Waals surface area contributed by atoms with Crippen LogP contribution in [-0.4, -0.2) is 0 Å². The Bertz CT molecular complexity index is 203. The Kier molecular flexibility index (Phi) is 1.89. The number of hydrogen-bond acceptors (Lipinski definition) is 3. The second kappa shape index (κ2) is 2.68. The Labute approximate surface area is 60.2 Å². The van der Waals surface area contributed by atoms with Crippen molar-refractivity contribution in [3.8, 4) is 0 Å². The second-order valence-corrected chi connectivity index (χ2v) is 2.24. The summed E-state index contributed by atoms with van der Waals surface area (Å²) in [4.78, 5) is 0. The zero-order valence-electron chi connectivity index (χ0n) is 5.91. The summed E-state index contributed by atoms with van der Waals surface area (Å²) in [5.41, 5.74) is 2.01. The first-order valence-electron chi connectivity index (χ1n) is 3.06. The Morgan fingerprint density at radius 1 is 1.10 bits per heavy atom. The van der Waals surface area contributed by atoms with Crippen LogP contribution in [0.1, 0.15) is 5.56 Å². The fourth-order valence-electron chi connectivity index (χ4n) is 0.717. The maximum atomic E-state index is 5.27. The van der Waals surface area contributed by atoms with Gasteiger partial charge in [0.05, 0.1) is 5.69 Å². The fraction of sp³-hybridized carbons (Fsp3) is 0.143. The Balaban J connectivity index is 2.89. The van der Waals surface area contributed by atoms with Gasteiger partial charge in [-0.15, -0.1) is 0 Å². The number of aryl methyl sites for hydroxylation is 1. The quantitative estimate of drug-likeness (QED) is 0.439. The van der Waals surface area contributed by atoms with E-state index in [2.05, 4.69) is 0 Å². The van der Waals surface area contributed by atoms with E-state index >= 15 is 0 Å². The smallest absolute Gasteiger partial charge is 0.0697 e. The molecule has 0 heterocycles. The molecule has 3 nitrogen and oxygen atoms in total. The van der Waals surface area contributed by atoms with E-state index in [-0.39, 0.29) is 0 Å². The van der Waals surface area contributed by atoms with Crippen LogP contribution >= 0.6 is 0 Å². The van der Waals surface area contributed by atoms with Gasteiger partial charge in [-0.05, 0) is 19.1 Å². The van der Waals surface area contributed by atoms with Crippen molar-refractivity contribution in [3.63, 3.8) is 0 Å². The van der Waals surface area contributed by atoms with E-state index in [9.17, 15) is 0 Å². The van der Waals surface area contributed by atoms with Gasteiger partial charge in [-0.1, -0.05) is 17.7 Å². The minimum atomic E-state index is 0.811. The predicted octanol–water partition coefficient (Wildman–Crippen LogP) is 0.549. The molecule has 10 heavy (non-hydrogen) atoms. The first-order chi connectivity index (χ1) is 4.70. The number of nitrogens with two attached hydrogens (primary N) is 2. The maximum absolute atomic E-state index is 5.27. The summed E-state index contributed by atoms with van der Waals surface area (Å²) < 4.78 is 0. The van der Waals surface area contributed by atoms with E-state index in [1.165, 1.54) is 5.56 Å². The molecule has 1 aromatic rings. The van der Waals surface area contributed by atoms with E-state index in [4.69, 9.17) is 11.7 Å². The first kappa shape index (κ1) is 7.05. The lowest BCUT2D eigenvalue weighted by molar-refractivity contribution is 0.924. The van der Waals surface area contributed by atoms with Crippen LogP contribution in [0.15, 0.2) is 24.3 Å². The van der Waals surface area contributed by atoms with Crippen LogP contribution in [0.4, 0.5) is 5.69 Å². The van der Waals surface area contributed by atoms with Crippen molar-refractivity contribution in [2.75, 3.05) is 5.12 Å². The van der Waals surface area contributed by atoms with Gasteiger partial charge in [0.1, 0.15) is 0 Å². The zero-order chi connectivity index (χ0) is 7.56. The molecule has 4 N–H and O–H groups in total. The van der Waals surface area contributed by atoms with Crippen LogP contribution in [0.5, 0.6) is 0 Å². The van der Waals surface area contributed by atoms with Gasteiger partial charge in [0, 0.05) is 0 Å². The molecule has 0 aliphatic heterocycles. The van der Waals surface area contributed by atoms with E-state index in [1.54, 1.807) is 0 Å². The molecule has 0 aliphatic rings. The second-order valence-electron chi connectivity index (χ2n) is 2.24. The topological polar surface area (TPSA) is 55.3 Å². The molecule has 0 saturated carbocycles. The minimum Gasteiger partial charge on any atom is -0.247 e. The lowest BCUT2D eigenvalue weighted by Gasteiger charge is -2.10. The summed E-state index contributed by atoms with van der Waals surface area (Å²) in [6, 6.07) is 7.66. The molecule has 1 rings (SSSR count). The molecular formula is C7H11N3. The largest absolute Gasteiger partial charge is 0.247 e. The van der Waals surface area contributed by atoms with Gasteiger partial charge in [-0.3, -0.25) is 0 Å². The summed E-state index contributed by atoms with van der Waals surface area (Å²) in [5, 5.41) is 1.10. The van der Waals surface area contributed by atoms with Crippen molar-refractivity contribution in [1.82, 2.24) is 0 Å². The lowest BCUT2D eigenvalue weighted by atomic mass is 10.2. The standard InChI is InChI=1S/C7H11N3/c1-6-2-4-7(5-3-6)10(8)9/h2-5H,8-9H2,1H3. The molecule has 3 heteroatoms. The van der Waals surface area contributed by atoms with Gasteiger partial charge in [-0.25, -0.2) is 16.8 Å². The molecule has 0 saturated heterocycles. The van der Waals surface area contributed by atoms with Gasteiger partial charge in [0.2, 0.25) is 0 Å². The summed E-state index contributed by atoms with van der Waals surface area (Å²) in [6.07, 6.45) is 0. The molecular weight excluding hydrogens is 126 g/mol. The van der Waals surface area contributed by atoms with Gasteiger partial charge >= 0.3 is 0 Å². The van der Waals surface area contributed by atoms with Crippen LogP contribution in [0.25, 0.3) is 0 Å². The van der Waals surface area contributed by atoms with E-state index in [0.29, 0.717) is 0 Å². The predicted molar refractivity (Wildman–Crippen MR) is 42.0 cm³/mol. The summed E-state index contributed by atoms with van der Waals surface area (Å²) in [7, 11) is 0. The van der Waals surface area contributed by atoms with Crippen molar-refractivity contribution in [2.24, 2.45) is 11.7 Å². The summed E-state index contributed by atoms with van der Waals surface area (Å²) in [5.74, 6) is 10.5. The van der Waals surface area contributed by atoms with Crippen LogP contribution in [-0.2, 0) is 0 Å². The molecule has 0 bridgehead atoms. The summed E-state index contributed by atoms with van der Waals surface area (Å²) >= 11 is 0. The molecule has 0 unspecified atom stereocenters. The highest BCUT2D eigenvalue weighted by Crippen LogP contribution is 2.08. The highest BCUT2D eigenvalue weighted by atomic mass is 15.6. The van der Waals surface area contributed by atoms with Crippen molar-refractivity contribution in [1.29, 1.82) is 0 Å². The fourth-order valence-corrected chi connectivity index (χ4v) is 0.717. The number of anilines is 1. The van der Waals surface area contributed by atoms with Crippen molar-refractivity contribution >= 4 is 5.69 Å². The lowest BCUT2D eigenvalue weighted by Crippen LogP contribution is -2.37. The van der Waals surface area contributed by atoms with Crippen LogP contribution in [0.2, 0.25) is 0 Å². The molecule has 0 amide bonds. The molecule has 0 atom stereocenters. The van der Waals surface area contributed by atoms with E-state index in [1.807, 2.05) is 31.2 Å². The number of hydrogen-bond donors (Lipinski definition) is 2. The van der Waals surface area contributed by atoms with Crippen molar-refractivity contribution in [3.05, 3.63) is 29.8 Å². The molecule has 1 aromatic carbocycles. The maximum Gasteiger partial charge on any atom is 0.0697 e. The van der Waals surface area contributed by atoms with Gasteiger partial charge in [-0.2, -0.15) is 0 Å². The third kappa shape index (κ3) is 1.46. The number of benzene rings is 1. The van der Waals surface area contributed by atoms with Crippen molar-refractivity contribution < 1.29 is 0 Å². The molecule has 0 fully saturated rings.